The van der Waals surface area contributed by atoms with Gasteiger partial charge in [0.05, 0.1) is 5.69 Å². The van der Waals surface area contributed by atoms with E-state index >= 15 is 0 Å². The van der Waals surface area contributed by atoms with Gasteiger partial charge in [0.25, 0.3) is 0 Å². The Morgan fingerprint density at radius 2 is 1.74 bits per heavy atom. The number of benzene rings is 2. The molecular weight excluding hydrogens is 382 g/mol. The minimum Gasteiger partial charge on any atom is -0.368 e. The van der Waals surface area contributed by atoms with Crippen molar-refractivity contribution in [2.24, 2.45) is 5.92 Å². The first-order chi connectivity index (χ1) is 15.2. The summed E-state index contributed by atoms with van der Waals surface area (Å²) in [5, 5.41) is 0. The molecule has 0 radical (unpaired) electrons. The molecule has 3 heterocycles. The molecule has 6 rings (SSSR count). The van der Waals surface area contributed by atoms with Crippen molar-refractivity contribution in [1.29, 1.82) is 0 Å². The van der Waals surface area contributed by atoms with Crippen LogP contribution >= 0.6 is 0 Å². The maximum Gasteiger partial charge on any atom is 0.222 e. The van der Waals surface area contributed by atoms with Crippen LogP contribution in [-0.4, -0.2) is 40.5 Å². The zero-order chi connectivity index (χ0) is 20.8. The average Bonchev–Trinajstić information content (AvgIpc) is 2.97. The number of aryl methyl sites for hydroxylation is 1. The van der Waals surface area contributed by atoms with E-state index in [1.54, 1.807) is 0 Å². The number of aromatic nitrogens is 2. The molecule has 2 N–H and O–H groups in total. The zero-order valence-corrected chi connectivity index (χ0v) is 17.9. The molecule has 2 saturated heterocycles. The number of fused-ring (bicyclic) bond motifs is 5. The number of piperidine rings is 1. The Morgan fingerprint density at radius 1 is 0.903 bits per heavy atom. The minimum absolute atomic E-state index is 0.396. The van der Waals surface area contributed by atoms with Gasteiger partial charge in [-0.25, -0.2) is 4.98 Å². The van der Waals surface area contributed by atoms with Crippen LogP contribution in [0.2, 0.25) is 0 Å². The fraction of sp³-hybridized carbons (Fsp3) is 0.385. The van der Waals surface area contributed by atoms with Gasteiger partial charge in [0.15, 0.2) is 0 Å². The summed E-state index contributed by atoms with van der Waals surface area (Å²) in [5.41, 5.74) is 12.6. The summed E-state index contributed by atoms with van der Waals surface area (Å²) in [6, 6.07) is 20.0. The molecule has 158 valence electrons. The lowest BCUT2D eigenvalue weighted by Gasteiger charge is -2.33. The third kappa shape index (κ3) is 3.47. The van der Waals surface area contributed by atoms with E-state index in [2.05, 4.69) is 64.4 Å². The molecule has 0 amide bonds. The van der Waals surface area contributed by atoms with Crippen LogP contribution in [0, 0.1) is 5.92 Å². The van der Waals surface area contributed by atoms with Crippen molar-refractivity contribution in [3.8, 4) is 11.3 Å². The van der Waals surface area contributed by atoms with Crippen LogP contribution < -0.4 is 10.6 Å². The number of likely N-dealkylation sites (tertiary alicyclic amines) is 1. The Bertz CT molecular complexity index is 1100. The molecule has 2 aliphatic heterocycles. The molecule has 2 unspecified atom stereocenters. The van der Waals surface area contributed by atoms with Gasteiger partial charge < -0.3 is 10.6 Å². The van der Waals surface area contributed by atoms with E-state index in [0.29, 0.717) is 17.9 Å². The molecule has 31 heavy (non-hydrogen) atoms. The lowest BCUT2D eigenvalue weighted by Crippen LogP contribution is -2.42. The van der Waals surface area contributed by atoms with E-state index in [1.165, 1.54) is 28.7 Å². The lowest BCUT2D eigenvalue weighted by atomic mass is 9.99. The maximum atomic E-state index is 6.27. The average molecular weight is 412 g/mol. The second kappa shape index (κ2) is 7.65. The van der Waals surface area contributed by atoms with Crippen LogP contribution in [-0.2, 0) is 19.4 Å². The normalized spacial score (nSPS) is 22.6. The van der Waals surface area contributed by atoms with Gasteiger partial charge in [-0.15, -0.1) is 0 Å². The molecule has 5 nitrogen and oxygen atoms in total. The summed E-state index contributed by atoms with van der Waals surface area (Å²) in [4.78, 5) is 14.7. The minimum atomic E-state index is 0.396. The fourth-order valence-electron chi connectivity index (χ4n) is 5.89. The quantitative estimate of drug-likeness (QED) is 0.708. The highest BCUT2D eigenvalue weighted by Crippen LogP contribution is 2.40. The van der Waals surface area contributed by atoms with Crippen molar-refractivity contribution in [2.75, 3.05) is 30.3 Å². The van der Waals surface area contributed by atoms with Crippen LogP contribution in [0.4, 0.5) is 11.8 Å². The highest BCUT2D eigenvalue weighted by Gasteiger charge is 2.40. The number of hydrogen-bond donors (Lipinski definition) is 1. The van der Waals surface area contributed by atoms with Gasteiger partial charge in [-0.3, -0.25) is 4.90 Å². The van der Waals surface area contributed by atoms with Crippen LogP contribution in [0.15, 0.2) is 54.6 Å². The van der Waals surface area contributed by atoms with Crippen molar-refractivity contribution in [2.45, 2.75) is 38.3 Å². The van der Waals surface area contributed by atoms with Crippen LogP contribution in [0.25, 0.3) is 11.3 Å². The van der Waals surface area contributed by atoms with E-state index in [9.17, 15) is 0 Å². The summed E-state index contributed by atoms with van der Waals surface area (Å²) in [6.45, 7) is 4.34. The van der Waals surface area contributed by atoms with Crippen molar-refractivity contribution in [3.05, 3.63) is 71.3 Å². The molecule has 2 atom stereocenters. The Balaban J connectivity index is 1.33. The third-order valence-corrected chi connectivity index (χ3v) is 7.16. The maximum absolute atomic E-state index is 6.27. The highest BCUT2D eigenvalue weighted by atomic mass is 15.3. The van der Waals surface area contributed by atoms with Gasteiger partial charge in [0, 0.05) is 43.3 Å². The van der Waals surface area contributed by atoms with Gasteiger partial charge in [-0.2, -0.15) is 4.98 Å². The molecule has 0 spiro atoms. The summed E-state index contributed by atoms with van der Waals surface area (Å²) in [5.74, 6) is 2.17. The molecule has 2 bridgehead atoms. The van der Waals surface area contributed by atoms with Gasteiger partial charge in [-0.1, -0.05) is 54.6 Å². The van der Waals surface area contributed by atoms with E-state index in [-0.39, 0.29) is 0 Å². The molecule has 2 aromatic carbocycles. The third-order valence-electron chi connectivity index (χ3n) is 7.16. The number of anilines is 2. The number of rotatable bonds is 3. The van der Waals surface area contributed by atoms with Crippen LogP contribution in [0.5, 0.6) is 0 Å². The van der Waals surface area contributed by atoms with Crippen LogP contribution in [0.1, 0.15) is 29.5 Å². The van der Waals surface area contributed by atoms with E-state index in [1.807, 2.05) is 0 Å². The molecule has 3 aliphatic rings. The number of hydrogen-bond acceptors (Lipinski definition) is 5. The first kappa shape index (κ1) is 18.8. The monoisotopic (exact) mass is 411 g/mol. The molecule has 5 heteroatoms. The fourth-order valence-corrected chi connectivity index (χ4v) is 5.89. The van der Waals surface area contributed by atoms with Crippen molar-refractivity contribution in [1.82, 2.24) is 14.9 Å². The van der Waals surface area contributed by atoms with Gasteiger partial charge in [-0.05, 0) is 42.7 Å². The first-order valence-electron chi connectivity index (χ1n) is 11.5. The Hall–Kier alpha value is -2.92. The van der Waals surface area contributed by atoms with E-state index in [4.69, 9.17) is 15.7 Å². The second-order valence-corrected chi connectivity index (χ2v) is 9.33. The predicted molar refractivity (Wildman–Crippen MR) is 125 cm³/mol. The van der Waals surface area contributed by atoms with E-state index < -0.39 is 0 Å². The summed E-state index contributed by atoms with van der Waals surface area (Å²) < 4.78 is 0. The first-order valence-corrected chi connectivity index (χ1v) is 11.5. The predicted octanol–water partition coefficient (Wildman–Crippen LogP) is 3.93. The number of nitrogen functional groups attached to an aromatic ring is 1. The number of nitrogens with zero attached hydrogens (tertiary/aromatic N) is 4. The standard InChI is InChI=1S/C26H29N5/c27-26-28-24-22-11-5-4-9-20(22)10-6-12-23(24)25(29-26)31-16-19-13-21(31)17-30(15-19)14-18-7-2-1-3-8-18/h1-5,7-9,11,19,21H,6,10,12-17H2,(H2,27,28,29). The smallest absolute Gasteiger partial charge is 0.222 e. The number of nitrogens with two attached hydrogens (primary N) is 1. The summed E-state index contributed by atoms with van der Waals surface area (Å²) in [6.07, 6.45) is 4.48. The van der Waals surface area contributed by atoms with E-state index in [0.717, 1.165) is 57.0 Å². The Kier molecular flexibility index (Phi) is 4.64. The van der Waals surface area contributed by atoms with Gasteiger partial charge in [0.1, 0.15) is 5.82 Å². The SMILES string of the molecule is Nc1nc2c(c(N3CC4CC3CN(Cc3ccccc3)C4)n1)CCCc1ccccc1-2. The van der Waals surface area contributed by atoms with Gasteiger partial charge >= 0.3 is 0 Å². The largest absolute Gasteiger partial charge is 0.368 e. The highest BCUT2D eigenvalue weighted by molar-refractivity contribution is 5.74. The summed E-state index contributed by atoms with van der Waals surface area (Å²) in [7, 11) is 0. The second-order valence-electron chi connectivity index (χ2n) is 9.33. The molecule has 0 saturated carbocycles. The van der Waals surface area contributed by atoms with Crippen LogP contribution in [0.3, 0.4) is 0 Å². The Morgan fingerprint density at radius 3 is 2.65 bits per heavy atom. The Labute approximate surface area is 183 Å². The molecule has 3 aromatic rings. The topological polar surface area (TPSA) is 58.3 Å². The molecule has 1 aromatic heterocycles. The van der Waals surface area contributed by atoms with Gasteiger partial charge in [0.2, 0.25) is 5.95 Å². The van der Waals surface area contributed by atoms with Crippen molar-refractivity contribution in [3.63, 3.8) is 0 Å². The zero-order valence-electron chi connectivity index (χ0n) is 17.9. The lowest BCUT2D eigenvalue weighted by molar-refractivity contribution is 0.187. The molecular formula is C26H29N5. The molecule has 2 fully saturated rings. The van der Waals surface area contributed by atoms with Crippen molar-refractivity contribution < 1.29 is 0 Å². The molecule has 1 aliphatic carbocycles. The summed E-state index contributed by atoms with van der Waals surface area (Å²) >= 11 is 0. The van der Waals surface area contributed by atoms with Crippen molar-refractivity contribution >= 4 is 11.8 Å².